The highest BCUT2D eigenvalue weighted by atomic mass is 32.1. The van der Waals surface area contributed by atoms with Crippen molar-refractivity contribution in [2.75, 3.05) is 5.32 Å². The highest BCUT2D eigenvalue weighted by Crippen LogP contribution is 2.40. The fourth-order valence-electron chi connectivity index (χ4n) is 2.55. The van der Waals surface area contributed by atoms with E-state index in [1.165, 1.54) is 11.3 Å². The van der Waals surface area contributed by atoms with Crippen molar-refractivity contribution in [2.45, 2.75) is 51.6 Å². The monoisotopic (exact) mass is 321 g/mol. The lowest BCUT2D eigenvalue weighted by Crippen LogP contribution is -2.34. The van der Waals surface area contributed by atoms with Gasteiger partial charge in [-0.1, -0.05) is 24.7 Å². The lowest BCUT2D eigenvalue weighted by Gasteiger charge is -2.29. The zero-order chi connectivity index (χ0) is 15.5. The van der Waals surface area contributed by atoms with Crippen molar-refractivity contribution < 1.29 is 18.0 Å². The molecule has 0 aliphatic heterocycles. The quantitative estimate of drug-likeness (QED) is 0.918. The molecule has 0 bridgehead atoms. The van der Waals surface area contributed by atoms with E-state index in [0.29, 0.717) is 18.0 Å². The summed E-state index contributed by atoms with van der Waals surface area (Å²) in [6, 6.07) is 0. The average Bonchev–Trinajstić information content (AvgIpc) is 2.86. The third-order valence-corrected chi connectivity index (χ3v) is 4.57. The first-order valence-corrected chi connectivity index (χ1v) is 7.91. The van der Waals surface area contributed by atoms with E-state index in [4.69, 9.17) is 0 Å². The second-order valence-corrected chi connectivity index (χ2v) is 6.40. The molecule has 2 atom stereocenters. The number of aromatic nitrogens is 2. The average molecular weight is 321 g/mol. The van der Waals surface area contributed by atoms with Crippen LogP contribution < -0.4 is 5.32 Å². The van der Waals surface area contributed by atoms with Gasteiger partial charge in [0, 0.05) is 12.3 Å². The van der Waals surface area contributed by atoms with Gasteiger partial charge in [-0.15, -0.1) is 10.2 Å². The van der Waals surface area contributed by atoms with Crippen LogP contribution in [0.4, 0.5) is 18.3 Å². The number of carbonyl (C=O) groups excluding carboxylic acids is 1. The van der Waals surface area contributed by atoms with Crippen molar-refractivity contribution in [3.8, 4) is 0 Å². The summed E-state index contributed by atoms with van der Waals surface area (Å²) in [5, 5.41) is 11.6. The highest BCUT2D eigenvalue weighted by Gasteiger charge is 2.43. The minimum absolute atomic E-state index is 0.118. The van der Waals surface area contributed by atoms with Gasteiger partial charge in [-0.25, -0.2) is 0 Å². The maximum Gasteiger partial charge on any atom is 0.391 e. The number of halogens is 3. The number of aryl methyl sites for hydroxylation is 1. The zero-order valence-corrected chi connectivity index (χ0v) is 12.6. The zero-order valence-electron chi connectivity index (χ0n) is 11.7. The van der Waals surface area contributed by atoms with Gasteiger partial charge in [0.15, 0.2) is 0 Å². The number of amides is 1. The SMILES string of the molecule is CCCc1nnc(NC(=O)C2CCCC(C(F)(F)F)C2)s1. The van der Waals surface area contributed by atoms with Crippen molar-refractivity contribution in [1.29, 1.82) is 0 Å². The van der Waals surface area contributed by atoms with Crippen LogP contribution in [0.5, 0.6) is 0 Å². The molecule has 1 aliphatic carbocycles. The van der Waals surface area contributed by atoms with E-state index in [-0.39, 0.29) is 18.7 Å². The number of rotatable bonds is 4. The molecule has 2 unspecified atom stereocenters. The first kappa shape index (κ1) is 16.2. The Labute approximate surface area is 125 Å². The van der Waals surface area contributed by atoms with E-state index >= 15 is 0 Å². The fourth-order valence-corrected chi connectivity index (χ4v) is 3.40. The molecule has 1 aliphatic rings. The van der Waals surface area contributed by atoms with Crippen LogP contribution in [0.2, 0.25) is 0 Å². The Morgan fingerprint density at radius 3 is 2.81 bits per heavy atom. The Balaban J connectivity index is 1.93. The third kappa shape index (κ3) is 4.39. The summed E-state index contributed by atoms with van der Waals surface area (Å²) in [5.41, 5.74) is 0. The number of hydrogen-bond donors (Lipinski definition) is 1. The molecule has 0 saturated heterocycles. The largest absolute Gasteiger partial charge is 0.391 e. The van der Waals surface area contributed by atoms with Crippen LogP contribution in [-0.4, -0.2) is 22.3 Å². The molecule has 0 aromatic carbocycles. The van der Waals surface area contributed by atoms with Crippen LogP contribution in [0.25, 0.3) is 0 Å². The van der Waals surface area contributed by atoms with Crippen LogP contribution in [0.1, 0.15) is 44.0 Å². The van der Waals surface area contributed by atoms with Gasteiger partial charge in [-0.3, -0.25) is 4.79 Å². The molecule has 4 nitrogen and oxygen atoms in total. The predicted molar refractivity (Wildman–Crippen MR) is 74.0 cm³/mol. The van der Waals surface area contributed by atoms with Crippen LogP contribution >= 0.6 is 11.3 Å². The first-order chi connectivity index (χ1) is 9.90. The number of anilines is 1. The van der Waals surface area contributed by atoms with Gasteiger partial charge in [-0.05, 0) is 25.7 Å². The summed E-state index contributed by atoms with van der Waals surface area (Å²) in [5.74, 6) is -2.33. The molecule has 8 heteroatoms. The molecule has 1 fully saturated rings. The topological polar surface area (TPSA) is 54.9 Å². The molecule has 1 aromatic heterocycles. The Bertz CT molecular complexity index is 489. The van der Waals surface area contributed by atoms with E-state index < -0.39 is 18.0 Å². The molecule has 1 aromatic rings. The van der Waals surface area contributed by atoms with E-state index in [0.717, 1.165) is 17.8 Å². The van der Waals surface area contributed by atoms with E-state index in [2.05, 4.69) is 15.5 Å². The second-order valence-electron chi connectivity index (χ2n) is 5.34. The molecule has 0 spiro atoms. The van der Waals surface area contributed by atoms with E-state index in [1.807, 2.05) is 6.92 Å². The number of nitrogens with one attached hydrogen (secondary N) is 1. The minimum atomic E-state index is -4.21. The van der Waals surface area contributed by atoms with E-state index in [9.17, 15) is 18.0 Å². The number of alkyl halides is 3. The van der Waals surface area contributed by atoms with E-state index in [1.54, 1.807) is 0 Å². The smallest absolute Gasteiger partial charge is 0.300 e. The van der Waals surface area contributed by atoms with Gasteiger partial charge >= 0.3 is 6.18 Å². The van der Waals surface area contributed by atoms with Crippen molar-refractivity contribution in [3.63, 3.8) is 0 Å². The van der Waals surface area contributed by atoms with Gasteiger partial charge in [0.25, 0.3) is 0 Å². The molecule has 118 valence electrons. The first-order valence-electron chi connectivity index (χ1n) is 7.10. The predicted octanol–water partition coefficient (Wildman–Crippen LogP) is 3.80. The summed E-state index contributed by atoms with van der Waals surface area (Å²) in [7, 11) is 0. The van der Waals surface area contributed by atoms with Crippen LogP contribution in [0, 0.1) is 11.8 Å². The van der Waals surface area contributed by atoms with Crippen LogP contribution in [-0.2, 0) is 11.2 Å². The Hall–Kier alpha value is -1.18. The van der Waals surface area contributed by atoms with Crippen LogP contribution in [0.3, 0.4) is 0 Å². The Morgan fingerprint density at radius 1 is 1.38 bits per heavy atom. The van der Waals surface area contributed by atoms with Crippen molar-refractivity contribution >= 4 is 22.4 Å². The minimum Gasteiger partial charge on any atom is -0.300 e. The molecule has 1 N–H and O–H groups in total. The summed E-state index contributed by atoms with van der Waals surface area (Å²) in [4.78, 5) is 12.1. The van der Waals surface area contributed by atoms with Gasteiger partial charge in [0.1, 0.15) is 5.01 Å². The fraction of sp³-hybridized carbons (Fsp3) is 0.769. The maximum absolute atomic E-state index is 12.7. The van der Waals surface area contributed by atoms with Gasteiger partial charge < -0.3 is 5.32 Å². The maximum atomic E-state index is 12.7. The molecule has 1 heterocycles. The summed E-state index contributed by atoms with van der Waals surface area (Å²) in [6.45, 7) is 2.01. The summed E-state index contributed by atoms with van der Waals surface area (Å²) in [6.07, 6.45) is -1.58. The Kier molecular flexibility index (Phi) is 5.18. The highest BCUT2D eigenvalue weighted by molar-refractivity contribution is 7.15. The number of nitrogens with zero attached hydrogens (tertiary/aromatic N) is 2. The molecule has 21 heavy (non-hydrogen) atoms. The van der Waals surface area contributed by atoms with Gasteiger partial charge in [0.05, 0.1) is 5.92 Å². The Morgan fingerprint density at radius 2 is 2.14 bits per heavy atom. The normalized spacial score (nSPS) is 23.0. The molecular formula is C13H18F3N3OS. The molecule has 2 rings (SSSR count). The third-order valence-electron chi connectivity index (χ3n) is 3.67. The second kappa shape index (κ2) is 6.72. The standard InChI is InChI=1S/C13H18F3N3OS/c1-2-4-10-18-19-12(21-10)17-11(20)8-5-3-6-9(7-8)13(14,15)16/h8-9H,2-7H2,1H3,(H,17,19,20). The molecule has 1 amide bonds. The number of carbonyl (C=O) groups is 1. The summed E-state index contributed by atoms with van der Waals surface area (Å²) >= 11 is 1.28. The van der Waals surface area contributed by atoms with Crippen molar-refractivity contribution in [1.82, 2.24) is 10.2 Å². The van der Waals surface area contributed by atoms with Crippen molar-refractivity contribution in [2.24, 2.45) is 11.8 Å². The number of hydrogen-bond acceptors (Lipinski definition) is 4. The molecule has 1 saturated carbocycles. The van der Waals surface area contributed by atoms with Crippen molar-refractivity contribution in [3.05, 3.63) is 5.01 Å². The lowest BCUT2D eigenvalue weighted by atomic mass is 9.80. The summed E-state index contributed by atoms with van der Waals surface area (Å²) < 4.78 is 38.2. The van der Waals surface area contributed by atoms with Gasteiger partial charge in [0.2, 0.25) is 11.0 Å². The molecule has 0 radical (unpaired) electrons. The van der Waals surface area contributed by atoms with Crippen LogP contribution in [0.15, 0.2) is 0 Å². The lowest BCUT2D eigenvalue weighted by molar-refractivity contribution is -0.185. The molecular weight excluding hydrogens is 303 g/mol. The van der Waals surface area contributed by atoms with Gasteiger partial charge in [-0.2, -0.15) is 13.2 Å².